The van der Waals surface area contributed by atoms with Crippen molar-refractivity contribution < 1.29 is 14.4 Å². The van der Waals surface area contributed by atoms with Gasteiger partial charge in [0.15, 0.2) is 0 Å². The number of nitrogens with one attached hydrogen (secondary N) is 2. The van der Waals surface area contributed by atoms with E-state index in [1.165, 1.54) is 0 Å². The van der Waals surface area contributed by atoms with Crippen LogP contribution in [0, 0.1) is 0 Å². The van der Waals surface area contributed by atoms with E-state index in [0.717, 1.165) is 10.7 Å². The molecule has 2 aromatic carbocycles. The molecule has 7 heteroatoms. The summed E-state index contributed by atoms with van der Waals surface area (Å²) in [5, 5.41) is 3.38. The summed E-state index contributed by atoms with van der Waals surface area (Å²) in [6, 6.07) is 18.9. The third kappa shape index (κ3) is 2.92. The van der Waals surface area contributed by atoms with Crippen LogP contribution in [0.2, 0.25) is 0 Å². The number of imide groups is 1. The SMILES string of the molecule is CC1(c2ccccc2)NC(=O)N(NC(=O)c2ccc(-n3cccc3)cc2)C1=O. The van der Waals surface area contributed by atoms with Gasteiger partial charge in [0.25, 0.3) is 11.8 Å². The highest BCUT2D eigenvalue weighted by Gasteiger charge is 2.50. The van der Waals surface area contributed by atoms with Gasteiger partial charge in [0.1, 0.15) is 5.54 Å². The fourth-order valence-electron chi connectivity index (χ4n) is 3.17. The zero-order chi connectivity index (χ0) is 19.7. The van der Waals surface area contributed by atoms with E-state index in [1.807, 2.05) is 35.2 Å². The van der Waals surface area contributed by atoms with E-state index < -0.39 is 23.4 Å². The summed E-state index contributed by atoms with van der Waals surface area (Å²) in [5.74, 6) is -1.08. The van der Waals surface area contributed by atoms with Crippen LogP contribution in [-0.4, -0.2) is 27.4 Å². The molecule has 1 fully saturated rings. The summed E-state index contributed by atoms with van der Waals surface area (Å²) in [6.07, 6.45) is 3.79. The number of aromatic nitrogens is 1. The zero-order valence-corrected chi connectivity index (χ0v) is 15.1. The highest BCUT2D eigenvalue weighted by Crippen LogP contribution is 2.27. The monoisotopic (exact) mass is 374 g/mol. The summed E-state index contributed by atoms with van der Waals surface area (Å²) in [6.45, 7) is 1.61. The average Bonchev–Trinajstić information content (AvgIpc) is 3.33. The lowest BCUT2D eigenvalue weighted by Gasteiger charge is -2.22. The number of nitrogens with zero attached hydrogens (tertiary/aromatic N) is 2. The van der Waals surface area contributed by atoms with Gasteiger partial charge >= 0.3 is 6.03 Å². The Morgan fingerprint density at radius 2 is 1.57 bits per heavy atom. The van der Waals surface area contributed by atoms with Crippen molar-refractivity contribution in [2.24, 2.45) is 0 Å². The topological polar surface area (TPSA) is 83.4 Å². The smallest absolute Gasteiger partial charge is 0.324 e. The number of rotatable bonds is 4. The molecule has 3 aromatic rings. The molecule has 0 aliphatic carbocycles. The molecule has 140 valence electrons. The second kappa shape index (κ2) is 6.70. The number of amides is 4. The van der Waals surface area contributed by atoms with Crippen LogP contribution >= 0.6 is 0 Å². The second-order valence-electron chi connectivity index (χ2n) is 6.64. The van der Waals surface area contributed by atoms with Crippen molar-refractivity contribution in [1.29, 1.82) is 0 Å². The minimum Gasteiger partial charge on any atom is -0.324 e. The highest BCUT2D eigenvalue weighted by molar-refractivity contribution is 6.09. The van der Waals surface area contributed by atoms with Crippen LogP contribution in [0.4, 0.5) is 4.79 Å². The molecular formula is C21H18N4O3. The van der Waals surface area contributed by atoms with Gasteiger partial charge in [-0.05, 0) is 48.9 Å². The van der Waals surface area contributed by atoms with E-state index in [4.69, 9.17) is 0 Å². The number of hydrazine groups is 1. The first-order chi connectivity index (χ1) is 13.5. The summed E-state index contributed by atoms with van der Waals surface area (Å²) in [5.41, 5.74) is 3.04. The van der Waals surface area contributed by atoms with Crippen LogP contribution < -0.4 is 10.7 Å². The maximum atomic E-state index is 12.8. The lowest BCUT2D eigenvalue weighted by atomic mass is 9.92. The predicted molar refractivity (Wildman–Crippen MR) is 102 cm³/mol. The standard InChI is InChI=1S/C21H18N4O3/c1-21(16-7-3-2-4-8-16)19(27)25(20(28)22-21)23-18(26)15-9-11-17(12-10-15)24-13-5-6-14-24/h2-14H,1H3,(H,22,28)(H,23,26). The van der Waals surface area contributed by atoms with E-state index in [9.17, 15) is 14.4 Å². The molecule has 4 rings (SSSR count). The van der Waals surface area contributed by atoms with Crippen LogP contribution in [-0.2, 0) is 10.3 Å². The molecule has 1 aliphatic rings. The zero-order valence-electron chi connectivity index (χ0n) is 15.1. The number of carbonyl (C=O) groups excluding carboxylic acids is 3. The van der Waals surface area contributed by atoms with Crippen molar-refractivity contribution in [3.63, 3.8) is 0 Å². The molecule has 2 heterocycles. The highest BCUT2D eigenvalue weighted by atomic mass is 16.2. The molecule has 1 saturated heterocycles. The van der Waals surface area contributed by atoms with Gasteiger partial charge in [-0.1, -0.05) is 30.3 Å². The molecule has 2 N–H and O–H groups in total. The van der Waals surface area contributed by atoms with Gasteiger partial charge in [-0.2, -0.15) is 5.01 Å². The van der Waals surface area contributed by atoms with Crippen LogP contribution in [0.3, 0.4) is 0 Å². The van der Waals surface area contributed by atoms with Gasteiger partial charge < -0.3 is 9.88 Å². The van der Waals surface area contributed by atoms with E-state index in [1.54, 1.807) is 55.5 Å². The van der Waals surface area contributed by atoms with Gasteiger partial charge in [0.2, 0.25) is 0 Å². The Labute approximate surface area is 161 Å². The van der Waals surface area contributed by atoms with E-state index in [0.29, 0.717) is 11.1 Å². The molecule has 7 nitrogen and oxygen atoms in total. The maximum Gasteiger partial charge on any atom is 0.344 e. The van der Waals surface area contributed by atoms with Crippen molar-refractivity contribution in [2.45, 2.75) is 12.5 Å². The maximum absolute atomic E-state index is 12.8. The summed E-state index contributed by atoms with van der Waals surface area (Å²) >= 11 is 0. The number of carbonyl (C=O) groups is 3. The fraction of sp³-hybridized carbons (Fsp3) is 0.0952. The molecule has 28 heavy (non-hydrogen) atoms. The molecule has 1 atom stereocenters. The Hall–Kier alpha value is -3.87. The van der Waals surface area contributed by atoms with Crippen molar-refractivity contribution in [3.05, 3.63) is 90.3 Å². The summed E-state index contributed by atoms with van der Waals surface area (Å²) in [7, 11) is 0. The Balaban J connectivity index is 1.51. The Morgan fingerprint density at radius 1 is 0.929 bits per heavy atom. The molecule has 1 aliphatic heterocycles. The van der Waals surface area contributed by atoms with E-state index in [2.05, 4.69) is 10.7 Å². The van der Waals surface area contributed by atoms with Gasteiger partial charge in [-0.15, -0.1) is 0 Å². The number of hydrogen-bond acceptors (Lipinski definition) is 3. The minimum atomic E-state index is -1.23. The second-order valence-corrected chi connectivity index (χ2v) is 6.64. The third-order valence-corrected chi connectivity index (χ3v) is 4.79. The molecule has 0 radical (unpaired) electrons. The Morgan fingerprint density at radius 3 is 2.21 bits per heavy atom. The minimum absolute atomic E-state index is 0.338. The van der Waals surface area contributed by atoms with Crippen LogP contribution in [0.1, 0.15) is 22.8 Å². The first-order valence-corrected chi connectivity index (χ1v) is 8.76. The van der Waals surface area contributed by atoms with Crippen molar-refractivity contribution in [1.82, 2.24) is 20.3 Å². The largest absolute Gasteiger partial charge is 0.344 e. The average molecular weight is 374 g/mol. The number of benzene rings is 2. The van der Waals surface area contributed by atoms with Crippen LogP contribution in [0.15, 0.2) is 79.1 Å². The quantitative estimate of drug-likeness (QED) is 0.689. The van der Waals surface area contributed by atoms with Crippen LogP contribution in [0.5, 0.6) is 0 Å². The number of urea groups is 1. The summed E-state index contributed by atoms with van der Waals surface area (Å²) in [4.78, 5) is 37.7. The van der Waals surface area contributed by atoms with E-state index >= 15 is 0 Å². The van der Waals surface area contributed by atoms with Gasteiger partial charge in [0, 0.05) is 23.6 Å². The number of hydrogen-bond donors (Lipinski definition) is 2. The van der Waals surface area contributed by atoms with Gasteiger partial charge in [0.05, 0.1) is 0 Å². The van der Waals surface area contributed by atoms with E-state index in [-0.39, 0.29) is 0 Å². The fourth-order valence-corrected chi connectivity index (χ4v) is 3.17. The lowest BCUT2D eigenvalue weighted by Crippen LogP contribution is -2.47. The van der Waals surface area contributed by atoms with Crippen LogP contribution in [0.25, 0.3) is 5.69 Å². The molecule has 4 amide bonds. The molecular weight excluding hydrogens is 356 g/mol. The molecule has 1 unspecified atom stereocenters. The molecule has 0 saturated carbocycles. The van der Waals surface area contributed by atoms with Crippen molar-refractivity contribution in [3.8, 4) is 5.69 Å². The Kier molecular flexibility index (Phi) is 4.19. The van der Waals surface area contributed by atoms with Crippen molar-refractivity contribution >= 4 is 17.8 Å². The first kappa shape index (κ1) is 17.5. The summed E-state index contributed by atoms with van der Waals surface area (Å²) < 4.78 is 1.91. The molecule has 0 bridgehead atoms. The van der Waals surface area contributed by atoms with Crippen molar-refractivity contribution in [2.75, 3.05) is 0 Å². The first-order valence-electron chi connectivity index (χ1n) is 8.76. The van der Waals surface area contributed by atoms with Gasteiger partial charge in [-0.25, -0.2) is 4.79 Å². The third-order valence-electron chi connectivity index (χ3n) is 4.79. The predicted octanol–water partition coefficient (Wildman–Crippen LogP) is 2.59. The normalized spacial score (nSPS) is 18.8. The molecule has 1 aromatic heterocycles. The van der Waals surface area contributed by atoms with Gasteiger partial charge in [-0.3, -0.25) is 15.0 Å². The Bertz CT molecular complexity index is 1030. The lowest BCUT2D eigenvalue weighted by molar-refractivity contribution is -0.132. The molecule has 0 spiro atoms.